The van der Waals surface area contributed by atoms with Crippen LogP contribution in [0.3, 0.4) is 0 Å². The SMILES string of the molecule is CCc1cnc(SCC(=O)O)n1-c1ccc(N(C)C)cc1. The van der Waals surface area contributed by atoms with E-state index >= 15 is 0 Å². The average molecular weight is 305 g/mol. The lowest BCUT2D eigenvalue weighted by molar-refractivity contribution is -0.133. The summed E-state index contributed by atoms with van der Waals surface area (Å²) in [4.78, 5) is 17.1. The van der Waals surface area contributed by atoms with E-state index in [0.29, 0.717) is 5.16 Å². The number of imidazole rings is 1. The highest BCUT2D eigenvalue weighted by molar-refractivity contribution is 7.99. The highest BCUT2D eigenvalue weighted by Gasteiger charge is 2.13. The van der Waals surface area contributed by atoms with Gasteiger partial charge < -0.3 is 10.0 Å². The molecule has 1 heterocycles. The van der Waals surface area contributed by atoms with Crippen LogP contribution < -0.4 is 4.90 Å². The molecule has 0 unspecified atom stereocenters. The maximum Gasteiger partial charge on any atom is 0.313 e. The first-order valence-electron chi connectivity index (χ1n) is 6.72. The van der Waals surface area contributed by atoms with Gasteiger partial charge in [-0.25, -0.2) is 4.98 Å². The molecule has 0 aliphatic heterocycles. The number of nitrogens with zero attached hydrogens (tertiary/aromatic N) is 3. The molecule has 0 amide bonds. The molecule has 0 saturated heterocycles. The summed E-state index contributed by atoms with van der Waals surface area (Å²) in [6.45, 7) is 2.06. The second kappa shape index (κ2) is 6.67. The molecule has 0 aliphatic carbocycles. The van der Waals surface area contributed by atoms with E-state index in [4.69, 9.17) is 5.11 Å². The Hall–Kier alpha value is -1.95. The van der Waals surface area contributed by atoms with Crippen LogP contribution in [-0.4, -0.2) is 40.5 Å². The number of aliphatic carboxylic acids is 1. The van der Waals surface area contributed by atoms with Gasteiger partial charge >= 0.3 is 5.97 Å². The molecule has 0 saturated carbocycles. The van der Waals surface area contributed by atoms with Gasteiger partial charge in [0, 0.05) is 37.4 Å². The Balaban J connectivity index is 2.36. The second-order valence-corrected chi connectivity index (χ2v) is 5.76. The first-order valence-corrected chi connectivity index (χ1v) is 7.70. The number of hydrogen-bond acceptors (Lipinski definition) is 4. The Morgan fingerprint density at radius 1 is 1.33 bits per heavy atom. The quantitative estimate of drug-likeness (QED) is 0.832. The number of benzene rings is 1. The van der Waals surface area contributed by atoms with E-state index in [0.717, 1.165) is 23.5 Å². The summed E-state index contributed by atoms with van der Waals surface area (Å²) in [5.74, 6) is -0.828. The van der Waals surface area contributed by atoms with Gasteiger partial charge in [0.2, 0.25) is 0 Å². The Kier molecular flexibility index (Phi) is 4.90. The molecule has 112 valence electrons. The molecular formula is C15H19N3O2S. The van der Waals surface area contributed by atoms with Crippen LogP contribution in [0.1, 0.15) is 12.6 Å². The molecule has 21 heavy (non-hydrogen) atoms. The lowest BCUT2D eigenvalue weighted by atomic mass is 10.2. The molecule has 2 rings (SSSR count). The van der Waals surface area contributed by atoms with E-state index in [1.165, 1.54) is 11.8 Å². The van der Waals surface area contributed by atoms with Crippen LogP contribution in [0.15, 0.2) is 35.6 Å². The van der Waals surface area contributed by atoms with Crippen LogP contribution in [0.2, 0.25) is 0 Å². The van der Waals surface area contributed by atoms with Crippen molar-refractivity contribution in [1.82, 2.24) is 9.55 Å². The third kappa shape index (κ3) is 3.58. The van der Waals surface area contributed by atoms with Crippen LogP contribution in [0, 0.1) is 0 Å². The fraction of sp³-hybridized carbons (Fsp3) is 0.333. The Morgan fingerprint density at radius 2 is 2.00 bits per heavy atom. The standard InChI is InChI=1S/C15H19N3O2S/c1-4-11-9-16-15(21-10-14(19)20)18(11)13-7-5-12(6-8-13)17(2)3/h5-9H,4,10H2,1-3H3,(H,19,20). The van der Waals surface area contributed by atoms with Crippen LogP contribution in [-0.2, 0) is 11.2 Å². The van der Waals surface area contributed by atoms with E-state index in [-0.39, 0.29) is 5.75 Å². The van der Waals surface area contributed by atoms with Gasteiger partial charge in [-0.2, -0.15) is 0 Å². The van der Waals surface area contributed by atoms with E-state index in [2.05, 4.69) is 11.9 Å². The van der Waals surface area contributed by atoms with Crippen molar-refractivity contribution in [3.8, 4) is 5.69 Å². The highest BCUT2D eigenvalue weighted by Crippen LogP contribution is 2.25. The summed E-state index contributed by atoms with van der Waals surface area (Å²) in [6.07, 6.45) is 2.65. The van der Waals surface area contributed by atoms with Crippen molar-refractivity contribution in [2.75, 3.05) is 24.7 Å². The molecule has 1 N–H and O–H groups in total. The van der Waals surface area contributed by atoms with Gasteiger partial charge in [-0.05, 0) is 30.7 Å². The molecule has 0 radical (unpaired) electrons. The predicted octanol–water partition coefficient (Wildman–Crippen LogP) is 2.68. The van der Waals surface area contributed by atoms with Crippen molar-refractivity contribution in [1.29, 1.82) is 0 Å². The maximum absolute atomic E-state index is 10.8. The third-order valence-electron chi connectivity index (χ3n) is 3.11. The topological polar surface area (TPSA) is 58.4 Å². The number of thioether (sulfide) groups is 1. The van der Waals surface area contributed by atoms with Crippen molar-refractivity contribution in [2.45, 2.75) is 18.5 Å². The van der Waals surface area contributed by atoms with Crippen molar-refractivity contribution in [2.24, 2.45) is 0 Å². The Bertz CT molecular complexity index is 620. The monoisotopic (exact) mass is 305 g/mol. The van der Waals surface area contributed by atoms with E-state index in [9.17, 15) is 4.79 Å². The van der Waals surface area contributed by atoms with E-state index in [1.54, 1.807) is 0 Å². The smallest absolute Gasteiger partial charge is 0.313 e. The molecule has 1 aromatic heterocycles. The molecule has 2 aromatic rings. The fourth-order valence-electron chi connectivity index (χ4n) is 2.02. The molecule has 6 heteroatoms. The van der Waals surface area contributed by atoms with E-state index < -0.39 is 5.97 Å². The summed E-state index contributed by atoms with van der Waals surface area (Å²) in [5, 5.41) is 9.55. The molecule has 1 aromatic carbocycles. The second-order valence-electron chi connectivity index (χ2n) is 4.81. The van der Waals surface area contributed by atoms with Gasteiger partial charge in [0.05, 0.1) is 5.75 Å². The summed E-state index contributed by atoms with van der Waals surface area (Å²) in [6, 6.07) is 8.14. The number of carboxylic acid groups (broad SMARTS) is 1. The van der Waals surface area contributed by atoms with Crippen molar-refractivity contribution in [3.05, 3.63) is 36.2 Å². The maximum atomic E-state index is 10.8. The van der Waals surface area contributed by atoms with Gasteiger partial charge in [-0.1, -0.05) is 18.7 Å². The number of carbonyl (C=O) groups is 1. The predicted molar refractivity (Wildman–Crippen MR) is 85.6 cm³/mol. The third-order valence-corrected chi connectivity index (χ3v) is 4.05. The minimum Gasteiger partial charge on any atom is -0.481 e. The van der Waals surface area contributed by atoms with Crippen molar-refractivity contribution >= 4 is 23.4 Å². The molecule has 0 aliphatic rings. The van der Waals surface area contributed by atoms with Crippen LogP contribution >= 0.6 is 11.8 Å². The zero-order valence-electron chi connectivity index (χ0n) is 12.4. The molecule has 0 atom stereocenters. The van der Waals surface area contributed by atoms with Crippen molar-refractivity contribution < 1.29 is 9.90 Å². The number of aromatic nitrogens is 2. The summed E-state index contributed by atoms with van der Waals surface area (Å²) < 4.78 is 2.02. The summed E-state index contributed by atoms with van der Waals surface area (Å²) in [5.41, 5.74) is 3.19. The molecular weight excluding hydrogens is 286 g/mol. The summed E-state index contributed by atoms with van der Waals surface area (Å²) >= 11 is 1.24. The highest BCUT2D eigenvalue weighted by atomic mass is 32.2. The van der Waals surface area contributed by atoms with Crippen molar-refractivity contribution in [3.63, 3.8) is 0 Å². The fourth-order valence-corrected chi connectivity index (χ4v) is 2.75. The number of rotatable bonds is 6. The van der Waals surface area contributed by atoms with Crippen LogP contribution in [0.25, 0.3) is 5.69 Å². The van der Waals surface area contributed by atoms with Gasteiger partial charge in [-0.3, -0.25) is 9.36 Å². The van der Waals surface area contributed by atoms with E-state index in [1.807, 2.05) is 54.0 Å². The lowest BCUT2D eigenvalue weighted by Crippen LogP contribution is -2.09. The molecule has 0 fully saturated rings. The Morgan fingerprint density at radius 3 is 2.52 bits per heavy atom. The van der Waals surface area contributed by atoms with Crippen LogP contribution in [0.5, 0.6) is 0 Å². The minimum atomic E-state index is -0.837. The summed E-state index contributed by atoms with van der Waals surface area (Å²) in [7, 11) is 4.00. The van der Waals surface area contributed by atoms with Crippen LogP contribution in [0.4, 0.5) is 5.69 Å². The van der Waals surface area contributed by atoms with Gasteiger partial charge in [0.25, 0.3) is 0 Å². The van der Waals surface area contributed by atoms with Gasteiger partial charge in [0.15, 0.2) is 5.16 Å². The normalized spacial score (nSPS) is 10.6. The van der Waals surface area contributed by atoms with Gasteiger partial charge in [0.1, 0.15) is 0 Å². The molecule has 0 spiro atoms. The molecule has 0 bridgehead atoms. The number of hydrogen-bond donors (Lipinski definition) is 1. The Labute approximate surface area is 128 Å². The average Bonchev–Trinajstić information content (AvgIpc) is 2.88. The molecule has 5 nitrogen and oxygen atoms in total. The zero-order chi connectivity index (χ0) is 15.4. The first-order chi connectivity index (χ1) is 10.0. The number of aryl methyl sites for hydroxylation is 1. The lowest BCUT2D eigenvalue weighted by Gasteiger charge is -2.15. The minimum absolute atomic E-state index is 0.00987. The number of anilines is 1. The zero-order valence-corrected chi connectivity index (χ0v) is 13.2. The van der Waals surface area contributed by atoms with Gasteiger partial charge in [-0.15, -0.1) is 0 Å². The first kappa shape index (κ1) is 15.4. The largest absolute Gasteiger partial charge is 0.481 e. The number of carboxylic acids is 1.